The van der Waals surface area contributed by atoms with Crippen molar-refractivity contribution >= 4 is 0 Å². The van der Waals surface area contributed by atoms with Gasteiger partial charge in [0.15, 0.2) is 0 Å². The van der Waals surface area contributed by atoms with Crippen LogP contribution in [0.25, 0.3) is 0 Å². The van der Waals surface area contributed by atoms with Crippen LogP contribution in [0.1, 0.15) is 50.2 Å². The van der Waals surface area contributed by atoms with Crippen LogP contribution >= 0.6 is 0 Å². The van der Waals surface area contributed by atoms with Crippen LogP contribution in [0.3, 0.4) is 0 Å². The van der Waals surface area contributed by atoms with Gasteiger partial charge >= 0.3 is 0 Å². The Labute approximate surface area is 99.5 Å². The zero-order valence-corrected chi connectivity index (χ0v) is 10.6. The molecule has 0 bridgehead atoms. The van der Waals surface area contributed by atoms with Gasteiger partial charge in [-0.2, -0.15) is 0 Å². The number of likely N-dealkylation sites (tertiary alicyclic amines) is 1. The van der Waals surface area contributed by atoms with E-state index in [0.717, 1.165) is 6.54 Å². The van der Waals surface area contributed by atoms with E-state index >= 15 is 0 Å². The Morgan fingerprint density at radius 3 is 2.19 bits per heavy atom. The Kier molecular flexibility index (Phi) is 4.00. The van der Waals surface area contributed by atoms with Gasteiger partial charge < -0.3 is 0 Å². The van der Waals surface area contributed by atoms with Crippen molar-refractivity contribution in [2.45, 2.75) is 45.6 Å². The molecule has 1 aromatic rings. The molecule has 1 aliphatic heterocycles. The molecule has 0 radical (unpaired) electrons. The van der Waals surface area contributed by atoms with E-state index in [4.69, 9.17) is 0 Å². The van der Waals surface area contributed by atoms with Crippen LogP contribution in [0.15, 0.2) is 24.3 Å². The highest BCUT2D eigenvalue weighted by molar-refractivity contribution is 5.24. The standard InChI is InChI=1S/C15H23N/c1-13(2)15-8-6-14(7-9-15)12-16-10-4-3-5-11-16/h6-9,13H,3-5,10-12H2,1-2H3. The van der Waals surface area contributed by atoms with E-state index in [1.165, 1.54) is 43.5 Å². The fourth-order valence-corrected chi connectivity index (χ4v) is 2.38. The number of hydrogen-bond acceptors (Lipinski definition) is 1. The molecular weight excluding hydrogens is 194 g/mol. The van der Waals surface area contributed by atoms with E-state index in [-0.39, 0.29) is 0 Å². The van der Waals surface area contributed by atoms with Crippen LogP contribution in [-0.2, 0) is 6.54 Å². The summed E-state index contributed by atoms with van der Waals surface area (Å²) in [5.41, 5.74) is 2.91. The third-order valence-corrected chi connectivity index (χ3v) is 3.50. The van der Waals surface area contributed by atoms with Crippen LogP contribution in [0, 0.1) is 0 Å². The molecule has 0 spiro atoms. The molecule has 0 aliphatic carbocycles. The molecule has 88 valence electrons. The van der Waals surface area contributed by atoms with Gasteiger partial charge in [-0.1, -0.05) is 44.5 Å². The van der Waals surface area contributed by atoms with Crippen molar-refractivity contribution < 1.29 is 0 Å². The largest absolute Gasteiger partial charge is 0.299 e. The summed E-state index contributed by atoms with van der Waals surface area (Å²) in [4.78, 5) is 2.58. The summed E-state index contributed by atoms with van der Waals surface area (Å²) in [5, 5.41) is 0. The number of benzene rings is 1. The second kappa shape index (κ2) is 5.49. The predicted molar refractivity (Wildman–Crippen MR) is 69.7 cm³/mol. The molecular formula is C15H23N. The maximum absolute atomic E-state index is 2.58. The Bertz CT molecular complexity index is 307. The lowest BCUT2D eigenvalue weighted by Gasteiger charge is -2.26. The van der Waals surface area contributed by atoms with Crippen molar-refractivity contribution in [3.8, 4) is 0 Å². The van der Waals surface area contributed by atoms with E-state index in [1.807, 2.05) is 0 Å². The molecule has 1 fully saturated rings. The molecule has 16 heavy (non-hydrogen) atoms. The lowest BCUT2D eigenvalue weighted by atomic mass is 10.0. The smallest absolute Gasteiger partial charge is 0.0233 e. The van der Waals surface area contributed by atoms with Gasteiger partial charge in [0.25, 0.3) is 0 Å². The van der Waals surface area contributed by atoms with Crippen molar-refractivity contribution in [1.82, 2.24) is 4.90 Å². The number of hydrogen-bond donors (Lipinski definition) is 0. The van der Waals surface area contributed by atoms with Crippen LogP contribution in [0.4, 0.5) is 0 Å². The van der Waals surface area contributed by atoms with Gasteiger partial charge in [-0.3, -0.25) is 4.90 Å². The molecule has 0 atom stereocenters. The van der Waals surface area contributed by atoms with Gasteiger partial charge in [0.05, 0.1) is 0 Å². The molecule has 0 N–H and O–H groups in total. The van der Waals surface area contributed by atoms with Crippen molar-refractivity contribution in [1.29, 1.82) is 0 Å². The molecule has 0 amide bonds. The fourth-order valence-electron chi connectivity index (χ4n) is 2.38. The molecule has 1 saturated heterocycles. The van der Waals surface area contributed by atoms with Crippen molar-refractivity contribution in [3.05, 3.63) is 35.4 Å². The summed E-state index contributed by atoms with van der Waals surface area (Å²) >= 11 is 0. The monoisotopic (exact) mass is 217 g/mol. The highest BCUT2D eigenvalue weighted by Crippen LogP contribution is 2.17. The van der Waals surface area contributed by atoms with Crippen LogP contribution < -0.4 is 0 Å². The molecule has 1 aliphatic rings. The fraction of sp³-hybridized carbons (Fsp3) is 0.600. The lowest BCUT2D eigenvalue weighted by molar-refractivity contribution is 0.221. The first-order chi connectivity index (χ1) is 7.75. The van der Waals surface area contributed by atoms with Crippen LogP contribution in [0.5, 0.6) is 0 Å². The predicted octanol–water partition coefficient (Wildman–Crippen LogP) is 3.80. The summed E-state index contributed by atoms with van der Waals surface area (Å²) in [6.07, 6.45) is 4.18. The molecule has 0 aromatic heterocycles. The summed E-state index contributed by atoms with van der Waals surface area (Å²) in [6.45, 7) is 8.20. The molecule has 2 rings (SSSR count). The highest BCUT2D eigenvalue weighted by Gasteiger charge is 2.10. The Morgan fingerprint density at radius 2 is 1.62 bits per heavy atom. The molecule has 1 aromatic carbocycles. The normalized spacial score (nSPS) is 17.9. The van der Waals surface area contributed by atoms with Gasteiger partial charge in [0.2, 0.25) is 0 Å². The second-order valence-corrected chi connectivity index (χ2v) is 5.23. The average Bonchev–Trinajstić information content (AvgIpc) is 2.31. The van der Waals surface area contributed by atoms with Gasteiger partial charge in [0.1, 0.15) is 0 Å². The van der Waals surface area contributed by atoms with Crippen molar-refractivity contribution in [2.24, 2.45) is 0 Å². The summed E-state index contributed by atoms with van der Waals surface area (Å²) < 4.78 is 0. The first kappa shape index (κ1) is 11.7. The van der Waals surface area contributed by atoms with E-state index in [2.05, 4.69) is 43.0 Å². The van der Waals surface area contributed by atoms with E-state index in [9.17, 15) is 0 Å². The topological polar surface area (TPSA) is 3.24 Å². The molecule has 1 heteroatoms. The molecule has 1 nitrogen and oxygen atoms in total. The minimum atomic E-state index is 0.643. The molecule has 1 heterocycles. The van der Waals surface area contributed by atoms with Gasteiger partial charge in [0, 0.05) is 6.54 Å². The first-order valence-corrected chi connectivity index (χ1v) is 6.57. The van der Waals surface area contributed by atoms with E-state index in [0.29, 0.717) is 5.92 Å². The van der Waals surface area contributed by atoms with Crippen molar-refractivity contribution in [2.75, 3.05) is 13.1 Å². The third kappa shape index (κ3) is 3.08. The first-order valence-electron chi connectivity index (χ1n) is 6.57. The third-order valence-electron chi connectivity index (χ3n) is 3.50. The van der Waals surface area contributed by atoms with Gasteiger partial charge in [-0.15, -0.1) is 0 Å². The Hall–Kier alpha value is -0.820. The average molecular weight is 217 g/mol. The molecule has 0 unspecified atom stereocenters. The van der Waals surface area contributed by atoms with Gasteiger partial charge in [-0.05, 0) is 43.0 Å². The summed E-state index contributed by atoms with van der Waals surface area (Å²) in [7, 11) is 0. The minimum absolute atomic E-state index is 0.643. The Balaban J connectivity index is 1.93. The summed E-state index contributed by atoms with van der Waals surface area (Å²) in [5.74, 6) is 0.643. The SMILES string of the molecule is CC(C)c1ccc(CN2CCCCC2)cc1. The number of nitrogens with zero attached hydrogens (tertiary/aromatic N) is 1. The van der Waals surface area contributed by atoms with Crippen LogP contribution in [-0.4, -0.2) is 18.0 Å². The Morgan fingerprint density at radius 1 is 1.00 bits per heavy atom. The van der Waals surface area contributed by atoms with E-state index in [1.54, 1.807) is 0 Å². The number of piperidine rings is 1. The zero-order valence-electron chi connectivity index (χ0n) is 10.6. The maximum Gasteiger partial charge on any atom is 0.0233 e. The zero-order chi connectivity index (χ0) is 11.4. The lowest BCUT2D eigenvalue weighted by Crippen LogP contribution is -2.29. The maximum atomic E-state index is 2.58. The van der Waals surface area contributed by atoms with E-state index < -0.39 is 0 Å². The summed E-state index contributed by atoms with van der Waals surface area (Å²) in [6, 6.07) is 9.15. The minimum Gasteiger partial charge on any atom is -0.299 e. The van der Waals surface area contributed by atoms with Crippen molar-refractivity contribution in [3.63, 3.8) is 0 Å². The quantitative estimate of drug-likeness (QED) is 0.744. The second-order valence-electron chi connectivity index (χ2n) is 5.23. The molecule has 0 saturated carbocycles. The van der Waals surface area contributed by atoms with Gasteiger partial charge in [-0.25, -0.2) is 0 Å². The number of rotatable bonds is 3. The highest BCUT2D eigenvalue weighted by atomic mass is 15.1. The van der Waals surface area contributed by atoms with Crippen LogP contribution in [0.2, 0.25) is 0 Å².